The molecule has 1 aromatic rings. The van der Waals surface area contributed by atoms with Gasteiger partial charge < -0.3 is 4.57 Å². The molecular weight excluding hydrogens is 322 g/mol. The van der Waals surface area contributed by atoms with Gasteiger partial charge in [-0.1, -0.05) is 62.5 Å². The van der Waals surface area contributed by atoms with Crippen molar-refractivity contribution in [1.29, 1.82) is 0 Å². The third-order valence-corrected chi connectivity index (χ3v) is 5.14. The second kappa shape index (κ2) is 11.0. The minimum atomic E-state index is 0.522. The Kier molecular flexibility index (Phi) is 9.44. The van der Waals surface area contributed by atoms with E-state index in [9.17, 15) is 0 Å². The number of hydrogen-bond donors (Lipinski definition) is 0. The molecule has 0 unspecified atom stereocenters. The van der Waals surface area contributed by atoms with Crippen molar-refractivity contribution in [3.05, 3.63) is 78.1 Å². The highest BCUT2D eigenvalue weighted by atomic mass is 32.2. The largest absolute Gasteiger partial charge is 0.336 e. The zero-order valence-electron chi connectivity index (χ0n) is 16.5. The molecule has 0 atom stereocenters. The first-order valence-corrected chi connectivity index (χ1v) is 9.96. The van der Waals surface area contributed by atoms with Crippen LogP contribution < -0.4 is 0 Å². The van der Waals surface area contributed by atoms with E-state index in [2.05, 4.69) is 82.7 Å². The van der Waals surface area contributed by atoms with Crippen molar-refractivity contribution in [2.75, 3.05) is 5.75 Å². The van der Waals surface area contributed by atoms with Crippen LogP contribution in [-0.2, 0) is 6.54 Å². The maximum atomic E-state index is 3.85. The van der Waals surface area contributed by atoms with E-state index in [0.29, 0.717) is 5.92 Å². The number of allylic oxidation sites excluding steroid dienone is 7. The van der Waals surface area contributed by atoms with Crippen molar-refractivity contribution in [3.63, 3.8) is 0 Å². The summed E-state index contributed by atoms with van der Waals surface area (Å²) in [6.07, 6.45) is 13.5. The number of rotatable bonds is 10. The van der Waals surface area contributed by atoms with Crippen LogP contribution in [0.3, 0.4) is 0 Å². The summed E-state index contributed by atoms with van der Waals surface area (Å²) in [5.74, 6) is 1.52. The summed E-state index contributed by atoms with van der Waals surface area (Å²) in [4.78, 5) is 0. The molecule has 0 spiro atoms. The van der Waals surface area contributed by atoms with Gasteiger partial charge in [0.2, 0.25) is 0 Å². The van der Waals surface area contributed by atoms with E-state index in [-0.39, 0.29) is 0 Å². The number of aromatic nitrogens is 1. The van der Waals surface area contributed by atoms with Crippen molar-refractivity contribution < 1.29 is 0 Å². The van der Waals surface area contributed by atoms with Crippen LogP contribution in [0.1, 0.15) is 51.3 Å². The molecule has 136 valence electrons. The molecule has 1 nitrogen and oxygen atoms in total. The Balaban J connectivity index is 3.15. The predicted octanol–water partition coefficient (Wildman–Crippen LogP) is 7.22. The van der Waals surface area contributed by atoms with Gasteiger partial charge in [0, 0.05) is 18.0 Å². The second-order valence-corrected chi connectivity index (χ2v) is 7.63. The molecule has 0 saturated carbocycles. The molecule has 0 aliphatic rings. The minimum absolute atomic E-state index is 0.522. The summed E-state index contributed by atoms with van der Waals surface area (Å²) in [7, 11) is 0. The molecule has 2 heteroatoms. The summed E-state index contributed by atoms with van der Waals surface area (Å²) in [6, 6.07) is 2.34. The average Bonchev–Trinajstić information content (AvgIpc) is 2.85. The van der Waals surface area contributed by atoms with Crippen molar-refractivity contribution in [2.24, 2.45) is 0 Å². The third kappa shape index (κ3) is 6.62. The van der Waals surface area contributed by atoms with Gasteiger partial charge in [-0.05, 0) is 50.3 Å². The molecule has 1 rings (SSSR count). The fourth-order valence-corrected chi connectivity index (χ4v) is 4.09. The SMILES string of the molecule is C=C/C=C(\C=C/C)Cn1c(C)cc(C(C)C)c1SC/C=C(\C)CC=C. The molecule has 0 bridgehead atoms. The summed E-state index contributed by atoms with van der Waals surface area (Å²) >= 11 is 1.93. The Labute approximate surface area is 158 Å². The molecular formula is C23H33NS. The lowest BCUT2D eigenvalue weighted by atomic mass is 10.1. The Hall–Kier alpha value is -1.67. The first-order chi connectivity index (χ1) is 11.9. The topological polar surface area (TPSA) is 4.93 Å². The first-order valence-electron chi connectivity index (χ1n) is 8.98. The number of hydrogen-bond acceptors (Lipinski definition) is 1. The van der Waals surface area contributed by atoms with E-state index < -0.39 is 0 Å². The highest BCUT2D eigenvalue weighted by Crippen LogP contribution is 2.33. The van der Waals surface area contributed by atoms with Crippen LogP contribution in [0.4, 0.5) is 0 Å². The lowest BCUT2D eigenvalue weighted by Gasteiger charge is -2.14. The molecule has 0 fully saturated rings. The highest BCUT2D eigenvalue weighted by molar-refractivity contribution is 7.99. The summed E-state index contributed by atoms with van der Waals surface area (Å²) in [6.45, 7) is 19.5. The van der Waals surface area contributed by atoms with E-state index in [1.165, 1.54) is 27.4 Å². The molecule has 1 heterocycles. The molecule has 0 aliphatic carbocycles. The van der Waals surface area contributed by atoms with Gasteiger partial charge in [0.15, 0.2) is 0 Å². The van der Waals surface area contributed by atoms with Gasteiger partial charge in [0.1, 0.15) is 0 Å². The Bertz CT molecular complexity index is 669. The van der Waals surface area contributed by atoms with Gasteiger partial charge in [0.05, 0.1) is 5.03 Å². The van der Waals surface area contributed by atoms with E-state index in [1.807, 2.05) is 23.9 Å². The van der Waals surface area contributed by atoms with Gasteiger partial charge in [-0.25, -0.2) is 0 Å². The van der Waals surface area contributed by atoms with Gasteiger partial charge in [-0.3, -0.25) is 0 Å². The van der Waals surface area contributed by atoms with Crippen molar-refractivity contribution in [3.8, 4) is 0 Å². The lowest BCUT2D eigenvalue weighted by molar-refractivity contribution is 0.690. The summed E-state index contributed by atoms with van der Waals surface area (Å²) < 4.78 is 2.44. The van der Waals surface area contributed by atoms with E-state index in [0.717, 1.165) is 18.7 Å². The molecule has 0 N–H and O–H groups in total. The first kappa shape index (κ1) is 21.4. The van der Waals surface area contributed by atoms with Crippen molar-refractivity contribution in [1.82, 2.24) is 4.57 Å². The van der Waals surface area contributed by atoms with Crippen LogP contribution >= 0.6 is 11.8 Å². The van der Waals surface area contributed by atoms with Crippen molar-refractivity contribution in [2.45, 2.75) is 58.5 Å². The highest BCUT2D eigenvalue weighted by Gasteiger charge is 2.16. The van der Waals surface area contributed by atoms with Crippen LogP contribution in [-0.4, -0.2) is 10.3 Å². The van der Waals surface area contributed by atoms with Gasteiger partial charge >= 0.3 is 0 Å². The third-order valence-electron chi connectivity index (χ3n) is 4.08. The van der Waals surface area contributed by atoms with Crippen molar-refractivity contribution >= 4 is 11.8 Å². The Morgan fingerprint density at radius 1 is 1.32 bits per heavy atom. The summed E-state index contributed by atoms with van der Waals surface area (Å²) in [5, 5.41) is 1.38. The zero-order chi connectivity index (χ0) is 18.8. The number of aryl methyl sites for hydroxylation is 1. The predicted molar refractivity (Wildman–Crippen MR) is 116 cm³/mol. The monoisotopic (exact) mass is 355 g/mol. The van der Waals surface area contributed by atoms with Crippen LogP contribution in [0.2, 0.25) is 0 Å². The molecule has 0 aromatic carbocycles. The standard InChI is InChI=1S/C23H33NS/c1-8-11-19(6)14-15-25-23-22(18(4)5)16-20(7)24(23)17-21(12-9-2)13-10-3/h8-10,12-14,16,18H,1-2,11,15,17H2,3-7H3/b13-10-,19-14+,21-12+. The molecule has 25 heavy (non-hydrogen) atoms. The molecule has 1 aromatic heterocycles. The van der Waals surface area contributed by atoms with Gasteiger partial charge in [-0.15, -0.1) is 18.3 Å². The van der Waals surface area contributed by atoms with E-state index in [4.69, 9.17) is 0 Å². The Morgan fingerprint density at radius 3 is 2.60 bits per heavy atom. The van der Waals surface area contributed by atoms with Gasteiger partial charge in [0.25, 0.3) is 0 Å². The molecule has 0 radical (unpaired) electrons. The molecule has 0 saturated heterocycles. The van der Waals surface area contributed by atoms with Crippen LogP contribution in [0.5, 0.6) is 0 Å². The maximum absolute atomic E-state index is 3.85. The smallest absolute Gasteiger partial charge is 0.0791 e. The van der Waals surface area contributed by atoms with E-state index >= 15 is 0 Å². The zero-order valence-corrected chi connectivity index (χ0v) is 17.3. The Morgan fingerprint density at radius 2 is 2.04 bits per heavy atom. The molecule has 0 amide bonds. The normalized spacial score (nSPS) is 13.0. The fourth-order valence-electron chi connectivity index (χ4n) is 2.73. The number of nitrogens with zero attached hydrogens (tertiary/aromatic N) is 1. The number of thioether (sulfide) groups is 1. The lowest BCUT2D eigenvalue weighted by Crippen LogP contribution is -2.04. The minimum Gasteiger partial charge on any atom is -0.336 e. The second-order valence-electron chi connectivity index (χ2n) is 6.62. The fraction of sp³-hybridized carbons (Fsp3) is 0.391. The van der Waals surface area contributed by atoms with Crippen LogP contribution in [0.15, 0.2) is 71.9 Å². The molecule has 0 aliphatic heterocycles. The van der Waals surface area contributed by atoms with Crippen LogP contribution in [0, 0.1) is 6.92 Å². The average molecular weight is 356 g/mol. The van der Waals surface area contributed by atoms with Gasteiger partial charge in [-0.2, -0.15) is 0 Å². The van der Waals surface area contributed by atoms with E-state index in [1.54, 1.807) is 0 Å². The quantitative estimate of drug-likeness (QED) is 0.243. The summed E-state index contributed by atoms with van der Waals surface area (Å²) in [5.41, 5.74) is 5.41. The van der Waals surface area contributed by atoms with Crippen LogP contribution in [0.25, 0.3) is 0 Å². The maximum Gasteiger partial charge on any atom is 0.0791 e.